The highest BCUT2D eigenvalue weighted by Crippen LogP contribution is 2.21. The van der Waals surface area contributed by atoms with Crippen LogP contribution in [0.3, 0.4) is 0 Å². The van der Waals surface area contributed by atoms with Crippen molar-refractivity contribution in [2.45, 2.75) is 6.92 Å². The SMILES string of the molecule is Cc1ccc(NC(=S)NC(=O)CN2C(=O)c3ccccc3C2=O)cc1. The first-order valence-electron chi connectivity index (χ1n) is 7.58. The number of hydrogen-bond donors (Lipinski definition) is 2. The lowest BCUT2D eigenvalue weighted by Crippen LogP contribution is -2.43. The van der Waals surface area contributed by atoms with Gasteiger partial charge in [0.15, 0.2) is 5.11 Å². The molecular weight excluding hydrogens is 338 g/mol. The van der Waals surface area contributed by atoms with Gasteiger partial charge in [-0.2, -0.15) is 0 Å². The van der Waals surface area contributed by atoms with Gasteiger partial charge in [0, 0.05) is 5.69 Å². The van der Waals surface area contributed by atoms with E-state index < -0.39 is 17.7 Å². The Balaban J connectivity index is 1.60. The Morgan fingerprint density at radius 1 is 1.00 bits per heavy atom. The largest absolute Gasteiger partial charge is 0.332 e. The average Bonchev–Trinajstić information content (AvgIpc) is 2.82. The molecule has 0 saturated carbocycles. The highest BCUT2D eigenvalue weighted by Gasteiger charge is 2.36. The fourth-order valence-electron chi connectivity index (χ4n) is 2.49. The lowest BCUT2D eigenvalue weighted by molar-refractivity contribution is -0.120. The number of carbonyl (C=O) groups is 3. The van der Waals surface area contributed by atoms with Crippen LogP contribution in [0.15, 0.2) is 48.5 Å². The van der Waals surface area contributed by atoms with Gasteiger partial charge in [-0.1, -0.05) is 29.8 Å². The number of amides is 3. The number of carbonyl (C=O) groups excluding carboxylic acids is 3. The van der Waals surface area contributed by atoms with Crippen LogP contribution in [-0.4, -0.2) is 34.3 Å². The second kappa shape index (κ2) is 6.82. The first-order chi connectivity index (χ1) is 12.0. The van der Waals surface area contributed by atoms with E-state index in [-0.39, 0.29) is 11.7 Å². The van der Waals surface area contributed by atoms with Crippen LogP contribution in [0.2, 0.25) is 0 Å². The molecule has 1 aliphatic rings. The van der Waals surface area contributed by atoms with Crippen LogP contribution < -0.4 is 10.6 Å². The highest BCUT2D eigenvalue weighted by atomic mass is 32.1. The van der Waals surface area contributed by atoms with Gasteiger partial charge in [-0.25, -0.2) is 0 Å². The molecule has 0 unspecified atom stereocenters. The van der Waals surface area contributed by atoms with Gasteiger partial charge in [0.2, 0.25) is 5.91 Å². The third kappa shape index (κ3) is 3.56. The van der Waals surface area contributed by atoms with Crippen LogP contribution >= 0.6 is 12.2 Å². The molecule has 0 radical (unpaired) electrons. The summed E-state index contributed by atoms with van der Waals surface area (Å²) in [6.07, 6.45) is 0. The third-order valence-corrected chi connectivity index (χ3v) is 3.95. The number of imide groups is 1. The van der Waals surface area contributed by atoms with Gasteiger partial charge >= 0.3 is 0 Å². The average molecular weight is 353 g/mol. The normalized spacial score (nSPS) is 12.8. The number of nitrogens with one attached hydrogen (secondary N) is 2. The highest BCUT2D eigenvalue weighted by molar-refractivity contribution is 7.80. The zero-order valence-electron chi connectivity index (χ0n) is 13.4. The van der Waals surface area contributed by atoms with Gasteiger partial charge < -0.3 is 10.6 Å². The fraction of sp³-hybridized carbons (Fsp3) is 0.111. The Morgan fingerprint density at radius 3 is 2.12 bits per heavy atom. The van der Waals surface area contributed by atoms with Gasteiger partial charge in [0.05, 0.1) is 11.1 Å². The van der Waals surface area contributed by atoms with Crippen LogP contribution in [0.4, 0.5) is 5.69 Å². The van der Waals surface area contributed by atoms with Crippen LogP contribution in [-0.2, 0) is 4.79 Å². The predicted molar refractivity (Wildman–Crippen MR) is 97.4 cm³/mol. The molecule has 126 valence electrons. The van der Waals surface area contributed by atoms with E-state index in [1.165, 1.54) is 0 Å². The van der Waals surface area contributed by atoms with E-state index >= 15 is 0 Å². The lowest BCUT2D eigenvalue weighted by atomic mass is 10.1. The van der Waals surface area contributed by atoms with Crippen LogP contribution in [0, 0.1) is 6.92 Å². The number of thiocarbonyl (C=S) groups is 1. The van der Waals surface area contributed by atoms with E-state index in [1.807, 2.05) is 31.2 Å². The van der Waals surface area contributed by atoms with Gasteiger partial charge in [0.25, 0.3) is 11.8 Å². The number of aryl methyl sites for hydroxylation is 1. The van der Waals surface area contributed by atoms with Crippen molar-refractivity contribution >= 4 is 40.7 Å². The molecule has 0 saturated heterocycles. The summed E-state index contributed by atoms with van der Waals surface area (Å²) in [5.41, 5.74) is 2.45. The van der Waals surface area contributed by atoms with Gasteiger partial charge in [-0.05, 0) is 43.4 Å². The summed E-state index contributed by atoms with van der Waals surface area (Å²) in [7, 11) is 0. The van der Waals surface area contributed by atoms with Crippen molar-refractivity contribution in [2.24, 2.45) is 0 Å². The van der Waals surface area contributed by atoms with Crippen molar-refractivity contribution in [3.05, 3.63) is 65.2 Å². The molecule has 1 aliphatic heterocycles. The summed E-state index contributed by atoms with van der Waals surface area (Å²) in [6, 6.07) is 14.0. The molecule has 2 aromatic carbocycles. The maximum absolute atomic E-state index is 12.2. The molecule has 0 atom stereocenters. The summed E-state index contributed by atoms with van der Waals surface area (Å²) in [5.74, 6) is -1.50. The van der Waals surface area contributed by atoms with Gasteiger partial charge in [0.1, 0.15) is 6.54 Å². The number of anilines is 1. The van der Waals surface area contributed by atoms with Crippen LogP contribution in [0.5, 0.6) is 0 Å². The van der Waals surface area contributed by atoms with E-state index in [2.05, 4.69) is 10.6 Å². The topological polar surface area (TPSA) is 78.5 Å². The van der Waals surface area contributed by atoms with E-state index in [0.29, 0.717) is 11.1 Å². The first kappa shape index (κ1) is 16.8. The summed E-state index contributed by atoms with van der Waals surface area (Å²) in [4.78, 5) is 37.5. The Morgan fingerprint density at radius 2 is 1.56 bits per heavy atom. The molecule has 3 rings (SSSR count). The summed E-state index contributed by atoms with van der Waals surface area (Å²) in [6.45, 7) is 1.58. The molecule has 0 bridgehead atoms. The maximum atomic E-state index is 12.2. The first-order valence-corrected chi connectivity index (χ1v) is 7.99. The molecule has 6 nitrogen and oxygen atoms in total. The van der Waals surface area contributed by atoms with Crippen molar-refractivity contribution in [2.75, 3.05) is 11.9 Å². The Bertz CT molecular complexity index is 842. The van der Waals surface area contributed by atoms with E-state index in [0.717, 1.165) is 16.2 Å². The van der Waals surface area contributed by atoms with E-state index in [4.69, 9.17) is 12.2 Å². The minimum Gasteiger partial charge on any atom is -0.332 e. The molecule has 2 N–H and O–H groups in total. The molecule has 0 spiro atoms. The lowest BCUT2D eigenvalue weighted by Gasteiger charge is -2.14. The Kier molecular flexibility index (Phi) is 4.58. The fourth-order valence-corrected chi connectivity index (χ4v) is 2.72. The van der Waals surface area contributed by atoms with Crippen LogP contribution in [0.1, 0.15) is 26.3 Å². The molecular formula is C18H15N3O3S. The minimum absolute atomic E-state index is 0.102. The predicted octanol–water partition coefficient (Wildman–Crippen LogP) is 2.10. The minimum atomic E-state index is -0.542. The van der Waals surface area contributed by atoms with Gasteiger partial charge in [-0.15, -0.1) is 0 Å². The molecule has 3 amide bonds. The molecule has 0 aliphatic carbocycles. The van der Waals surface area contributed by atoms with Crippen molar-refractivity contribution in [3.63, 3.8) is 0 Å². The van der Waals surface area contributed by atoms with Crippen molar-refractivity contribution < 1.29 is 14.4 Å². The maximum Gasteiger partial charge on any atom is 0.262 e. The van der Waals surface area contributed by atoms with E-state index in [1.54, 1.807) is 24.3 Å². The third-order valence-electron chi connectivity index (χ3n) is 3.74. The Labute approximate surface area is 149 Å². The van der Waals surface area contributed by atoms with Crippen molar-refractivity contribution in [1.29, 1.82) is 0 Å². The second-order valence-electron chi connectivity index (χ2n) is 5.61. The number of rotatable bonds is 3. The number of nitrogens with zero attached hydrogens (tertiary/aromatic N) is 1. The molecule has 7 heteroatoms. The smallest absolute Gasteiger partial charge is 0.262 e. The zero-order valence-corrected chi connectivity index (χ0v) is 14.2. The van der Waals surface area contributed by atoms with Crippen molar-refractivity contribution in [3.8, 4) is 0 Å². The standard InChI is InChI=1S/C18H15N3O3S/c1-11-6-8-12(9-7-11)19-18(25)20-15(22)10-21-16(23)13-4-2-3-5-14(13)17(21)24/h2-9H,10H2,1H3,(H2,19,20,22,25). The van der Waals surface area contributed by atoms with Crippen LogP contribution in [0.25, 0.3) is 0 Å². The second-order valence-corrected chi connectivity index (χ2v) is 6.02. The molecule has 2 aromatic rings. The van der Waals surface area contributed by atoms with Gasteiger partial charge in [-0.3, -0.25) is 19.3 Å². The molecule has 25 heavy (non-hydrogen) atoms. The van der Waals surface area contributed by atoms with E-state index in [9.17, 15) is 14.4 Å². The molecule has 0 fully saturated rings. The molecule has 1 heterocycles. The quantitative estimate of drug-likeness (QED) is 0.653. The summed E-state index contributed by atoms with van der Waals surface area (Å²) in [5, 5.41) is 5.45. The molecule has 0 aromatic heterocycles. The summed E-state index contributed by atoms with van der Waals surface area (Å²) >= 11 is 5.08. The monoisotopic (exact) mass is 353 g/mol. The zero-order chi connectivity index (χ0) is 18.0. The summed E-state index contributed by atoms with van der Waals surface area (Å²) < 4.78 is 0. The number of hydrogen-bond acceptors (Lipinski definition) is 4. The van der Waals surface area contributed by atoms with Crippen molar-refractivity contribution in [1.82, 2.24) is 10.2 Å². The number of benzene rings is 2. The Hall–Kier alpha value is -3.06. The number of fused-ring (bicyclic) bond motifs is 1.